The number of hydrogen-bond acceptors (Lipinski definition) is 8. The highest BCUT2D eigenvalue weighted by Gasteiger charge is 2.11. The fraction of sp³-hybridized carbons (Fsp3) is 0.300. The van der Waals surface area contributed by atoms with Crippen molar-refractivity contribution < 1.29 is 9.59 Å². The van der Waals surface area contributed by atoms with Crippen LogP contribution in [0.1, 0.15) is 42.7 Å². The number of H-pyrrole nitrogens is 1. The second-order valence-corrected chi connectivity index (χ2v) is 7.03. The van der Waals surface area contributed by atoms with Crippen molar-refractivity contribution in [1.29, 1.82) is 0 Å². The molecule has 1 atom stereocenters. The van der Waals surface area contributed by atoms with Gasteiger partial charge in [-0.2, -0.15) is 4.98 Å². The lowest BCUT2D eigenvalue weighted by atomic mass is 10.1. The normalized spacial score (nSPS) is 11.8. The summed E-state index contributed by atoms with van der Waals surface area (Å²) in [5.41, 5.74) is 7.22. The van der Waals surface area contributed by atoms with Gasteiger partial charge in [0.05, 0.1) is 18.4 Å². The maximum absolute atomic E-state index is 12.3. The van der Waals surface area contributed by atoms with Crippen LogP contribution in [0, 0.1) is 0 Å². The summed E-state index contributed by atoms with van der Waals surface area (Å²) in [6.07, 6.45) is 2.57. The van der Waals surface area contributed by atoms with Gasteiger partial charge in [-0.3, -0.25) is 14.6 Å². The third kappa shape index (κ3) is 5.37. The van der Waals surface area contributed by atoms with E-state index in [0.717, 1.165) is 5.69 Å². The lowest BCUT2D eigenvalue weighted by Crippen LogP contribution is -2.32. The fourth-order valence-electron chi connectivity index (χ4n) is 2.79. The first-order chi connectivity index (χ1) is 14.3. The number of nitrogens with zero attached hydrogens (tertiary/aromatic N) is 3. The Morgan fingerprint density at radius 2 is 1.93 bits per heavy atom. The maximum atomic E-state index is 12.3. The molecular weight excluding hydrogens is 386 g/mol. The number of benzene rings is 1. The second-order valence-electron chi connectivity index (χ2n) is 7.03. The molecule has 0 unspecified atom stereocenters. The quantitative estimate of drug-likeness (QED) is 0.435. The Kier molecular flexibility index (Phi) is 6.35. The predicted molar refractivity (Wildman–Crippen MR) is 113 cm³/mol. The van der Waals surface area contributed by atoms with Crippen LogP contribution in [0.25, 0.3) is 11.2 Å². The van der Waals surface area contributed by atoms with Crippen molar-refractivity contribution >= 4 is 34.5 Å². The van der Waals surface area contributed by atoms with Crippen LogP contribution < -0.4 is 21.9 Å². The summed E-state index contributed by atoms with van der Waals surface area (Å²) in [7, 11) is 0. The Hall–Kier alpha value is -3.82. The van der Waals surface area contributed by atoms with Crippen molar-refractivity contribution in [2.45, 2.75) is 39.3 Å². The van der Waals surface area contributed by atoms with Crippen molar-refractivity contribution in [3.05, 3.63) is 52.1 Å². The fourth-order valence-corrected chi connectivity index (χ4v) is 2.79. The molecule has 0 fully saturated rings. The zero-order valence-corrected chi connectivity index (χ0v) is 16.7. The monoisotopic (exact) mass is 409 g/mol. The lowest BCUT2D eigenvalue weighted by molar-refractivity contribution is -0.117. The number of nitrogen functional groups attached to an aromatic ring is 1. The molecule has 0 radical (unpaired) electrons. The van der Waals surface area contributed by atoms with Crippen LogP contribution in [0.2, 0.25) is 0 Å². The van der Waals surface area contributed by atoms with Gasteiger partial charge in [0.1, 0.15) is 5.78 Å². The van der Waals surface area contributed by atoms with Gasteiger partial charge in [-0.05, 0) is 44.5 Å². The summed E-state index contributed by atoms with van der Waals surface area (Å²) in [5, 5.41) is 6.05. The van der Waals surface area contributed by atoms with Crippen molar-refractivity contribution in [3.8, 4) is 0 Å². The molecule has 1 aromatic carbocycles. The third-order valence-corrected chi connectivity index (χ3v) is 4.41. The van der Waals surface area contributed by atoms with Crippen molar-refractivity contribution in [2.75, 3.05) is 11.1 Å². The number of hydrogen-bond donors (Lipinski definition) is 4. The van der Waals surface area contributed by atoms with Gasteiger partial charge in [-0.1, -0.05) is 0 Å². The number of rotatable bonds is 8. The average Bonchev–Trinajstić information content (AvgIpc) is 2.71. The molecule has 0 bridgehead atoms. The number of fused-ring (bicyclic) bond motifs is 1. The number of aromatic amines is 1. The second kappa shape index (κ2) is 9.12. The Morgan fingerprint density at radius 1 is 1.20 bits per heavy atom. The summed E-state index contributed by atoms with van der Waals surface area (Å²) in [6, 6.07) is 6.88. The van der Waals surface area contributed by atoms with Crippen LogP contribution in [0.4, 0.5) is 11.6 Å². The summed E-state index contributed by atoms with van der Waals surface area (Å²) in [4.78, 5) is 50.0. The van der Waals surface area contributed by atoms with Crippen molar-refractivity contribution in [2.24, 2.45) is 0 Å². The molecule has 10 heteroatoms. The minimum absolute atomic E-state index is 0.00922. The molecule has 3 aromatic rings. The van der Waals surface area contributed by atoms with Gasteiger partial charge in [0.15, 0.2) is 11.2 Å². The van der Waals surface area contributed by atoms with Crippen LogP contribution in [-0.4, -0.2) is 37.7 Å². The topological polar surface area (TPSA) is 156 Å². The highest BCUT2D eigenvalue weighted by molar-refractivity contribution is 5.94. The zero-order chi connectivity index (χ0) is 21.7. The van der Waals surface area contributed by atoms with E-state index >= 15 is 0 Å². The van der Waals surface area contributed by atoms with Crippen molar-refractivity contribution in [1.82, 2.24) is 25.3 Å². The Balaban J connectivity index is 1.59. The smallest absolute Gasteiger partial charge is 0.280 e. The summed E-state index contributed by atoms with van der Waals surface area (Å²) in [5.74, 6) is -0.0957. The zero-order valence-electron chi connectivity index (χ0n) is 16.7. The largest absolute Gasteiger partial charge is 0.379 e. The number of anilines is 2. The number of nitrogens with one attached hydrogen (secondary N) is 3. The minimum Gasteiger partial charge on any atom is -0.379 e. The van der Waals surface area contributed by atoms with E-state index in [2.05, 4.69) is 30.6 Å². The molecule has 0 aliphatic heterocycles. The molecule has 0 saturated carbocycles. The van der Waals surface area contributed by atoms with Gasteiger partial charge >= 0.3 is 0 Å². The molecule has 5 N–H and O–H groups in total. The van der Waals surface area contributed by atoms with E-state index in [1.54, 1.807) is 24.3 Å². The predicted octanol–water partition coefficient (Wildman–Crippen LogP) is 1.39. The molecule has 0 aliphatic rings. The summed E-state index contributed by atoms with van der Waals surface area (Å²) < 4.78 is 0. The number of carbonyl (C=O) groups is 2. The highest BCUT2D eigenvalue weighted by Crippen LogP contribution is 2.12. The first-order valence-corrected chi connectivity index (χ1v) is 9.47. The van der Waals surface area contributed by atoms with Gasteiger partial charge in [-0.25, -0.2) is 9.97 Å². The maximum Gasteiger partial charge on any atom is 0.280 e. The van der Waals surface area contributed by atoms with E-state index in [1.807, 2.05) is 6.92 Å². The van der Waals surface area contributed by atoms with Gasteiger partial charge < -0.3 is 21.2 Å². The Morgan fingerprint density at radius 3 is 2.63 bits per heavy atom. The molecular formula is C20H23N7O3. The first-order valence-electron chi connectivity index (χ1n) is 9.47. The van der Waals surface area contributed by atoms with Gasteiger partial charge in [0.2, 0.25) is 5.95 Å². The first kappa shape index (κ1) is 20.9. The summed E-state index contributed by atoms with van der Waals surface area (Å²) >= 11 is 0. The van der Waals surface area contributed by atoms with E-state index in [0.29, 0.717) is 30.6 Å². The number of aromatic nitrogens is 4. The van der Waals surface area contributed by atoms with Gasteiger partial charge in [0.25, 0.3) is 11.5 Å². The standard InChI is InChI=1S/C20H23N7O3/c1-11(3-4-12(2)28)24-18(29)13-5-7-14(8-6-13)22-9-15-10-23-17-16(25-15)19(30)27-20(21)26-17/h5-8,10-11,22H,3-4,9H2,1-2H3,(H,24,29)(H3,21,23,26,27,30)/t11-/m1/s1. The molecule has 10 nitrogen and oxygen atoms in total. The number of nitrogens with two attached hydrogens (primary N) is 1. The van der Waals surface area contributed by atoms with E-state index < -0.39 is 5.56 Å². The number of carbonyl (C=O) groups excluding carboxylic acids is 2. The van der Waals surface area contributed by atoms with E-state index in [4.69, 9.17) is 5.73 Å². The SMILES string of the molecule is CC(=O)CC[C@@H](C)NC(=O)c1ccc(NCc2cnc3nc(N)[nH]c(=O)c3n2)cc1. The van der Waals surface area contributed by atoms with E-state index in [1.165, 1.54) is 13.1 Å². The highest BCUT2D eigenvalue weighted by atomic mass is 16.2. The number of amides is 1. The van der Waals surface area contributed by atoms with Crippen LogP contribution >= 0.6 is 0 Å². The molecule has 156 valence electrons. The van der Waals surface area contributed by atoms with E-state index in [9.17, 15) is 14.4 Å². The average molecular weight is 409 g/mol. The minimum atomic E-state index is -0.445. The molecule has 2 heterocycles. The van der Waals surface area contributed by atoms with Gasteiger partial charge in [0, 0.05) is 23.7 Å². The van der Waals surface area contributed by atoms with Crippen LogP contribution in [0.15, 0.2) is 35.3 Å². The summed E-state index contributed by atoms with van der Waals surface area (Å²) in [6.45, 7) is 3.74. The van der Waals surface area contributed by atoms with Crippen molar-refractivity contribution in [3.63, 3.8) is 0 Å². The molecule has 0 saturated heterocycles. The number of ketones is 1. The third-order valence-electron chi connectivity index (χ3n) is 4.41. The molecule has 1 amide bonds. The number of Topliss-reactive ketones (excluding diaryl/α,β-unsaturated/α-hetero) is 1. The molecule has 0 aliphatic carbocycles. The van der Waals surface area contributed by atoms with Crippen LogP contribution in [0.5, 0.6) is 0 Å². The Labute approximate surface area is 172 Å². The molecule has 2 aromatic heterocycles. The Bertz CT molecular complexity index is 1130. The lowest BCUT2D eigenvalue weighted by Gasteiger charge is -2.13. The molecule has 3 rings (SSSR count). The molecule has 0 spiro atoms. The van der Waals surface area contributed by atoms with Crippen LogP contribution in [0.3, 0.4) is 0 Å². The molecule has 30 heavy (non-hydrogen) atoms. The van der Waals surface area contributed by atoms with Gasteiger partial charge in [-0.15, -0.1) is 0 Å². The van der Waals surface area contributed by atoms with E-state index in [-0.39, 0.29) is 34.8 Å². The van der Waals surface area contributed by atoms with Crippen LogP contribution in [-0.2, 0) is 11.3 Å².